The van der Waals surface area contributed by atoms with Crippen molar-refractivity contribution < 1.29 is 28.7 Å². The highest BCUT2D eigenvalue weighted by Crippen LogP contribution is 2.71. The molecule has 0 aliphatic heterocycles. The van der Waals surface area contributed by atoms with E-state index in [0.29, 0.717) is 12.8 Å². The summed E-state index contributed by atoms with van der Waals surface area (Å²) in [6.07, 6.45) is 3.76. The molecule has 0 radical (unpaired) electrons. The van der Waals surface area contributed by atoms with Crippen LogP contribution in [0.1, 0.15) is 45.4 Å². The van der Waals surface area contributed by atoms with Gasteiger partial charge in [-0.15, -0.1) is 0 Å². The molecule has 0 aromatic rings. The van der Waals surface area contributed by atoms with Crippen molar-refractivity contribution in [2.75, 3.05) is 14.1 Å². The van der Waals surface area contributed by atoms with Crippen molar-refractivity contribution in [3.8, 4) is 0 Å². The molecule has 116 valence electrons. The van der Waals surface area contributed by atoms with Gasteiger partial charge in [-0.05, 0) is 20.5 Å². The minimum absolute atomic E-state index is 0.224. The molecule has 0 aromatic carbocycles. The van der Waals surface area contributed by atoms with Crippen LogP contribution in [0.5, 0.6) is 0 Å². The first-order valence-electron chi connectivity index (χ1n) is 6.29. The van der Waals surface area contributed by atoms with Crippen molar-refractivity contribution in [2.45, 2.75) is 50.5 Å². The van der Waals surface area contributed by atoms with Gasteiger partial charge in [0.05, 0.1) is 0 Å². The fourth-order valence-electron chi connectivity index (χ4n) is 2.17. The maximum Gasteiger partial charge on any atom is 0.358 e. The van der Waals surface area contributed by atoms with Crippen LogP contribution in [0.3, 0.4) is 0 Å². The van der Waals surface area contributed by atoms with Crippen LogP contribution in [0.2, 0.25) is 0 Å². The molecule has 7 nitrogen and oxygen atoms in total. The molecule has 0 atom stereocenters. The van der Waals surface area contributed by atoms with Gasteiger partial charge in [0.15, 0.2) is 0 Å². The van der Waals surface area contributed by atoms with Gasteiger partial charge < -0.3 is 19.6 Å². The Bertz CT molecular complexity index is 339. The second-order valence-corrected chi connectivity index (χ2v) is 8.93. The lowest BCUT2D eigenvalue weighted by Gasteiger charge is -2.39. The molecular formula is C10H25NO6P2. The van der Waals surface area contributed by atoms with E-state index < -0.39 is 20.2 Å². The van der Waals surface area contributed by atoms with Gasteiger partial charge in [-0.25, -0.2) is 0 Å². The molecule has 0 aliphatic rings. The minimum Gasteiger partial charge on any atom is -0.323 e. The molecule has 0 bridgehead atoms. The topological polar surface area (TPSA) is 118 Å². The number of rotatable bonds is 9. The van der Waals surface area contributed by atoms with Gasteiger partial charge in [0.1, 0.15) is 0 Å². The molecule has 0 amide bonds. The van der Waals surface area contributed by atoms with Crippen molar-refractivity contribution >= 4 is 15.2 Å². The van der Waals surface area contributed by atoms with Crippen LogP contribution >= 0.6 is 15.2 Å². The predicted octanol–water partition coefficient (Wildman–Crippen LogP) is 1.92. The van der Waals surface area contributed by atoms with E-state index in [1.807, 2.05) is 6.92 Å². The first kappa shape index (κ1) is 19.3. The van der Waals surface area contributed by atoms with Gasteiger partial charge in [-0.2, -0.15) is 0 Å². The third-order valence-corrected chi connectivity index (χ3v) is 7.94. The first-order chi connectivity index (χ1) is 8.50. The molecule has 0 heterocycles. The van der Waals surface area contributed by atoms with Gasteiger partial charge in [0.25, 0.3) is 0 Å². The molecule has 4 N–H and O–H groups in total. The molecular weight excluding hydrogens is 292 g/mol. The third kappa shape index (κ3) is 4.64. The maximum atomic E-state index is 11.6. The maximum absolute atomic E-state index is 11.6. The lowest BCUT2D eigenvalue weighted by Crippen LogP contribution is -2.43. The number of hydrogen-bond acceptors (Lipinski definition) is 3. The minimum atomic E-state index is -4.98. The Kier molecular flexibility index (Phi) is 7.42. The summed E-state index contributed by atoms with van der Waals surface area (Å²) < 4.78 is 23.2. The summed E-state index contributed by atoms with van der Waals surface area (Å²) in [6.45, 7) is 2.04. The zero-order valence-corrected chi connectivity index (χ0v) is 13.5. The Morgan fingerprint density at radius 3 is 1.63 bits per heavy atom. The van der Waals surface area contributed by atoms with Crippen LogP contribution in [0.25, 0.3) is 0 Å². The second kappa shape index (κ2) is 7.32. The van der Waals surface area contributed by atoms with Crippen molar-refractivity contribution in [3.05, 3.63) is 0 Å². The van der Waals surface area contributed by atoms with Crippen molar-refractivity contribution in [2.24, 2.45) is 0 Å². The summed E-state index contributed by atoms with van der Waals surface area (Å²) in [4.78, 5) is 38.6. The van der Waals surface area contributed by atoms with Gasteiger partial charge >= 0.3 is 15.2 Å². The molecule has 0 unspecified atom stereocenters. The van der Waals surface area contributed by atoms with Crippen LogP contribution in [-0.4, -0.2) is 43.6 Å². The Morgan fingerprint density at radius 1 is 0.895 bits per heavy atom. The zero-order valence-electron chi connectivity index (χ0n) is 11.7. The molecule has 0 saturated carbocycles. The summed E-state index contributed by atoms with van der Waals surface area (Å²) in [5, 5.41) is -2.41. The normalized spacial score (nSPS) is 14.1. The van der Waals surface area contributed by atoms with E-state index in [2.05, 4.69) is 0 Å². The van der Waals surface area contributed by atoms with E-state index in [4.69, 9.17) is 0 Å². The Morgan fingerprint density at radius 2 is 1.32 bits per heavy atom. The van der Waals surface area contributed by atoms with Gasteiger partial charge in [0.2, 0.25) is 5.02 Å². The van der Waals surface area contributed by atoms with Gasteiger partial charge in [0, 0.05) is 0 Å². The number of unbranched alkanes of at least 4 members (excludes halogenated alkanes) is 4. The predicted molar refractivity (Wildman–Crippen MR) is 73.9 cm³/mol. The van der Waals surface area contributed by atoms with Crippen LogP contribution in [0.4, 0.5) is 0 Å². The molecule has 0 saturated heterocycles. The summed E-state index contributed by atoms with van der Waals surface area (Å²) in [5.74, 6) is 0. The molecule has 0 spiro atoms. The van der Waals surface area contributed by atoms with E-state index in [1.165, 1.54) is 14.1 Å². The molecule has 0 aliphatic carbocycles. The zero-order chi connectivity index (χ0) is 15.3. The van der Waals surface area contributed by atoms with E-state index in [1.54, 1.807) is 0 Å². The average molecular weight is 317 g/mol. The second-order valence-electron chi connectivity index (χ2n) is 4.92. The largest absolute Gasteiger partial charge is 0.358 e. The number of hydrogen-bond donors (Lipinski definition) is 4. The molecule has 19 heavy (non-hydrogen) atoms. The fourth-order valence-corrected chi connectivity index (χ4v) is 5.47. The lowest BCUT2D eigenvalue weighted by molar-refractivity contribution is 0.199. The van der Waals surface area contributed by atoms with Crippen molar-refractivity contribution in [1.82, 2.24) is 4.90 Å². The van der Waals surface area contributed by atoms with Crippen LogP contribution < -0.4 is 0 Å². The highest BCUT2D eigenvalue weighted by molar-refractivity contribution is 7.72. The Hall–Kier alpha value is 0.260. The summed E-state index contributed by atoms with van der Waals surface area (Å²) >= 11 is 0. The summed E-state index contributed by atoms with van der Waals surface area (Å²) in [6, 6.07) is 0. The first-order valence-corrected chi connectivity index (χ1v) is 9.52. The Balaban J connectivity index is 5.08. The van der Waals surface area contributed by atoms with Gasteiger partial charge in [-0.3, -0.25) is 14.0 Å². The molecule has 0 aromatic heterocycles. The smallest absolute Gasteiger partial charge is 0.323 e. The molecule has 9 heteroatoms. The quantitative estimate of drug-likeness (QED) is 0.379. The van der Waals surface area contributed by atoms with E-state index in [0.717, 1.165) is 24.2 Å². The van der Waals surface area contributed by atoms with Crippen LogP contribution in [0.15, 0.2) is 0 Å². The van der Waals surface area contributed by atoms with Crippen molar-refractivity contribution in [1.29, 1.82) is 0 Å². The SMILES string of the molecule is CCCCCCCC(N(C)C)(P(=O)(O)O)P(=O)(O)O. The standard InChI is InChI=1S/C10H25NO6P2/c1-4-5-6-7-8-9-10(11(2)3,18(12,13)14)19(15,16)17/h4-9H2,1-3H3,(H2,12,13,14)(H2,15,16,17). The monoisotopic (exact) mass is 317 g/mol. The van der Waals surface area contributed by atoms with Crippen LogP contribution in [0, 0.1) is 0 Å². The van der Waals surface area contributed by atoms with Crippen molar-refractivity contribution in [3.63, 3.8) is 0 Å². The van der Waals surface area contributed by atoms with E-state index in [-0.39, 0.29) is 6.42 Å². The number of nitrogens with zero attached hydrogens (tertiary/aromatic N) is 1. The van der Waals surface area contributed by atoms with Gasteiger partial charge in [-0.1, -0.05) is 39.0 Å². The highest BCUT2D eigenvalue weighted by atomic mass is 31.2. The van der Waals surface area contributed by atoms with Crippen LogP contribution in [-0.2, 0) is 9.13 Å². The molecule has 0 fully saturated rings. The average Bonchev–Trinajstić information content (AvgIpc) is 2.18. The molecule has 0 rings (SSSR count). The van der Waals surface area contributed by atoms with E-state index in [9.17, 15) is 28.7 Å². The Labute approximate surface area is 114 Å². The summed E-state index contributed by atoms with van der Waals surface area (Å²) in [7, 11) is -7.39. The fraction of sp³-hybridized carbons (Fsp3) is 1.00. The highest BCUT2D eigenvalue weighted by Gasteiger charge is 2.61. The third-order valence-electron chi connectivity index (χ3n) is 3.26. The lowest BCUT2D eigenvalue weighted by atomic mass is 10.1. The van der Waals surface area contributed by atoms with E-state index >= 15 is 0 Å². The summed E-state index contributed by atoms with van der Waals surface area (Å²) in [5.41, 5.74) is 0.